The summed E-state index contributed by atoms with van der Waals surface area (Å²) in [6.07, 6.45) is 9.76. The average molecular weight is 566 g/mol. The van der Waals surface area contributed by atoms with Gasteiger partial charge in [-0.25, -0.2) is 0 Å². The zero-order chi connectivity index (χ0) is 21.2. The number of rotatable bonds is 0. The third kappa shape index (κ3) is 8.17. The number of halogens is 3. The van der Waals surface area contributed by atoms with E-state index in [1.54, 1.807) is 0 Å². The van der Waals surface area contributed by atoms with Gasteiger partial charge in [0.1, 0.15) is 0 Å². The predicted octanol–water partition coefficient (Wildman–Crippen LogP) is 8.34. The molecule has 0 aromatic carbocycles. The fourth-order valence-electron chi connectivity index (χ4n) is 4.67. The van der Waals surface area contributed by atoms with E-state index in [1.165, 1.54) is 38.5 Å². The van der Waals surface area contributed by atoms with Gasteiger partial charge in [-0.2, -0.15) is 37.3 Å². The fraction of sp³-hybridized carbons (Fsp3) is 0.762. The maximum Gasteiger partial charge on any atom is 0 e. The van der Waals surface area contributed by atoms with Crippen LogP contribution in [0, 0.1) is 0 Å². The summed E-state index contributed by atoms with van der Waals surface area (Å²) in [4.78, 5) is 4.84. The summed E-state index contributed by atoms with van der Waals surface area (Å²) in [6, 6.07) is 5.63. The molecule has 0 radical (unpaired) electrons. The van der Waals surface area contributed by atoms with Crippen molar-refractivity contribution in [1.82, 2.24) is 4.98 Å². The molecule has 0 spiro atoms. The molecule has 1 aromatic heterocycles. The van der Waals surface area contributed by atoms with E-state index >= 15 is 0 Å². The SMILES string of the molecule is Brc1cc2nc(c1)C[N-][C@@H]1CCCC[C@H]1[N-]CC[N-]C1CCCCC1[N-]C2.[Cl][Mn][Cl].[HH].[HH].[HH].[HH]. The van der Waals surface area contributed by atoms with Gasteiger partial charge in [-0.05, 0) is 12.1 Å². The molecule has 0 amide bonds. The Hall–Kier alpha value is 0.569. The van der Waals surface area contributed by atoms with Crippen molar-refractivity contribution < 1.29 is 18.8 Å². The number of nitrogens with zero attached hydrogens (tertiary/aromatic N) is 5. The van der Waals surface area contributed by atoms with Crippen LogP contribution in [-0.4, -0.2) is 42.2 Å². The Bertz CT molecular complexity index is 611. The third-order valence-electron chi connectivity index (χ3n) is 6.09. The van der Waals surface area contributed by atoms with Crippen LogP contribution in [0.5, 0.6) is 0 Å². The molecule has 2 unspecified atom stereocenters. The zero-order valence-corrected chi connectivity index (χ0v) is 21.5. The molecule has 179 valence electrons. The first-order chi connectivity index (χ1) is 14.7. The molecule has 2 heterocycles. The Morgan fingerprint density at radius 1 is 0.767 bits per heavy atom. The smallest absolute Gasteiger partial charge is 0 e. The van der Waals surface area contributed by atoms with E-state index in [-0.39, 0.29) is 18.8 Å². The number of hydrogen-bond donors (Lipinski definition) is 0. The average Bonchev–Trinajstić information content (AvgIpc) is 2.75. The summed E-state index contributed by atoms with van der Waals surface area (Å²) in [5.74, 6) is 0. The van der Waals surface area contributed by atoms with E-state index in [9.17, 15) is 0 Å². The fourth-order valence-corrected chi connectivity index (χ4v) is 5.20. The van der Waals surface area contributed by atoms with Gasteiger partial charge in [-0.3, -0.25) is 4.98 Å². The standard InChI is InChI=1S/C21H30BrN5.2ClH.Mn.4H2/c22-15-11-16-13-25-20-7-3-1-5-18(20)23-9-10-24-19-6-2-4-8-21(19)26-14-17(12-15)27-16;;;;;;;/h11-12,18-21H,1-10,13-14H2;2*1H;;4*1H/q-4;;;+2;;;;/p-2/t18-,19?,20-,21?;;;;;;;/m1......./s1. The molecule has 2 bridgehead atoms. The number of pyridine rings is 1. The van der Waals surface area contributed by atoms with Crippen LogP contribution in [0.15, 0.2) is 16.6 Å². The van der Waals surface area contributed by atoms with Gasteiger partial charge in [-0.15, -0.1) is 13.1 Å². The van der Waals surface area contributed by atoms with Crippen molar-refractivity contribution in [3.63, 3.8) is 0 Å². The van der Waals surface area contributed by atoms with E-state index < -0.39 is 0 Å². The maximum atomic E-state index is 5.01. The van der Waals surface area contributed by atoms with Crippen molar-refractivity contribution in [2.24, 2.45) is 0 Å². The molecule has 1 aromatic rings. The normalized spacial score (nSPS) is 30.5. The van der Waals surface area contributed by atoms with Gasteiger partial charge >= 0.3 is 33.3 Å². The monoisotopic (exact) mass is 564 g/mol. The second kappa shape index (κ2) is 14.0. The number of aromatic nitrogens is 1. The van der Waals surface area contributed by atoms with E-state index in [2.05, 4.69) is 28.1 Å². The van der Waals surface area contributed by atoms with Crippen LogP contribution in [0.3, 0.4) is 0 Å². The van der Waals surface area contributed by atoms with E-state index in [4.69, 9.17) is 46.4 Å². The summed E-state index contributed by atoms with van der Waals surface area (Å²) in [5, 5.41) is 20.0. The second-order valence-electron chi connectivity index (χ2n) is 8.15. The Morgan fingerprint density at radius 3 is 1.53 bits per heavy atom. The van der Waals surface area contributed by atoms with Crippen LogP contribution in [0.2, 0.25) is 0 Å². The zero-order valence-electron chi connectivity index (χ0n) is 17.2. The Labute approximate surface area is 210 Å². The molecule has 0 saturated heterocycles. The van der Waals surface area contributed by atoms with E-state index in [0.29, 0.717) is 37.3 Å². The minimum atomic E-state index is 0. The molecule has 1 aliphatic heterocycles. The van der Waals surface area contributed by atoms with Gasteiger partial charge in [0.15, 0.2) is 0 Å². The van der Waals surface area contributed by atoms with Gasteiger partial charge in [0.25, 0.3) is 0 Å². The Morgan fingerprint density at radius 2 is 1.13 bits per heavy atom. The molecule has 9 heteroatoms. The second-order valence-corrected chi connectivity index (χ2v) is 11.0. The van der Waals surface area contributed by atoms with Gasteiger partial charge in [0.2, 0.25) is 0 Å². The largest absolute Gasteiger partial charge is 0 e. The minimum absolute atomic E-state index is 0. The number of fused-ring (bicyclic) bond motifs is 4. The number of hydrogen-bond acceptors (Lipinski definition) is 1. The summed E-state index contributed by atoms with van der Waals surface area (Å²) in [5.41, 5.74) is 2.08. The van der Waals surface area contributed by atoms with Gasteiger partial charge in [-0.1, -0.05) is 67.3 Å². The van der Waals surface area contributed by atoms with Crippen molar-refractivity contribution in [2.75, 3.05) is 13.1 Å². The van der Waals surface area contributed by atoms with Gasteiger partial charge in [0, 0.05) is 21.6 Å². The molecular weight excluding hydrogens is 528 g/mol. The van der Waals surface area contributed by atoms with Crippen molar-refractivity contribution in [3.8, 4) is 0 Å². The van der Waals surface area contributed by atoms with E-state index in [0.717, 1.165) is 41.8 Å². The van der Waals surface area contributed by atoms with Gasteiger partial charge < -0.3 is 21.3 Å². The summed E-state index contributed by atoms with van der Waals surface area (Å²) in [6.45, 7) is 3.05. The molecule has 2 saturated carbocycles. The predicted molar refractivity (Wildman–Crippen MR) is 135 cm³/mol. The Balaban J connectivity index is 0. The molecule has 4 atom stereocenters. The molecule has 2 aliphatic carbocycles. The first-order valence-corrected chi connectivity index (χ1v) is 14.9. The van der Waals surface area contributed by atoms with Crippen molar-refractivity contribution in [3.05, 3.63) is 49.3 Å². The van der Waals surface area contributed by atoms with Crippen molar-refractivity contribution in [2.45, 2.75) is 88.6 Å². The van der Waals surface area contributed by atoms with Gasteiger partial charge in [0.05, 0.1) is 0 Å². The van der Waals surface area contributed by atoms with Crippen LogP contribution in [0.1, 0.15) is 68.5 Å². The molecule has 2 fully saturated rings. The van der Waals surface area contributed by atoms with Crippen molar-refractivity contribution in [1.29, 1.82) is 0 Å². The summed E-state index contributed by atoms with van der Waals surface area (Å²) in [7, 11) is 9.59. The first-order valence-electron chi connectivity index (χ1n) is 10.9. The summed E-state index contributed by atoms with van der Waals surface area (Å²) >= 11 is 3.65. The van der Waals surface area contributed by atoms with Crippen LogP contribution in [0.25, 0.3) is 21.3 Å². The molecule has 30 heavy (non-hydrogen) atoms. The third-order valence-corrected chi connectivity index (χ3v) is 6.54. The van der Waals surface area contributed by atoms with E-state index in [1.807, 2.05) is 0 Å². The maximum absolute atomic E-state index is 5.01. The van der Waals surface area contributed by atoms with Crippen LogP contribution in [-0.2, 0) is 26.2 Å². The van der Waals surface area contributed by atoms with Crippen molar-refractivity contribution >= 4 is 36.1 Å². The minimum Gasteiger partial charge on any atom is 0 e. The Kier molecular flexibility index (Phi) is 11.7. The van der Waals surface area contributed by atoms with Crippen LogP contribution < -0.4 is 0 Å². The molecule has 5 nitrogen and oxygen atoms in total. The molecular formula is C21H38BrCl2MnN5-4. The molecule has 4 rings (SSSR count). The van der Waals surface area contributed by atoms with Crippen LogP contribution >= 0.6 is 36.1 Å². The van der Waals surface area contributed by atoms with Crippen LogP contribution in [0.4, 0.5) is 0 Å². The summed E-state index contributed by atoms with van der Waals surface area (Å²) < 4.78 is 1.08. The first kappa shape index (κ1) is 25.2. The molecule has 0 N–H and O–H groups in total. The topological polar surface area (TPSA) is 69.3 Å². The quantitative estimate of drug-likeness (QED) is 0.291. The molecule has 3 aliphatic rings.